The Morgan fingerprint density at radius 1 is 0.316 bits per heavy atom. The van der Waals surface area contributed by atoms with Gasteiger partial charge in [-0.15, -0.1) is 0 Å². The van der Waals surface area contributed by atoms with Gasteiger partial charge in [0.25, 0.3) is 0 Å². The van der Waals surface area contributed by atoms with Gasteiger partial charge in [0.15, 0.2) is 66.9 Å². The summed E-state index contributed by atoms with van der Waals surface area (Å²) in [5.74, 6) is 0. The molecule has 0 heterocycles. The second-order valence-electron chi connectivity index (χ2n) is 16.5. The lowest BCUT2D eigenvalue weighted by Gasteiger charge is -2.12. The summed E-state index contributed by atoms with van der Waals surface area (Å²) in [5, 5.41) is 0. The fourth-order valence-electron chi connectivity index (χ4n) is 6.99. The summed E-state index contributed by atoms with van der Waals surface area (Å²) in [4.78, 5) is 8.27. The SMILES string of the molecule is Cc1ccccc1[S+](c1ccc(-c2ccc([I+]c3ccc(-c4ccc([S+](c5ccccc5C)c5ccccc5C)cc4)cc3)cc2)cc1)c1ccccc1C.O=S(=O)([O-])C(F)(F)F.O=S(=O)([O-])C(F)(F)F.O=S(=O)([O-])C(F)(F)F. The summed E-state index contributed by atoms with van der Waals surface area (Å²) < 4.78 is 180. The Balaban J connectivity index is 0.000000398. The Hall–Kier alpha value is -5.71. The number of hydrogen-bond donors (Lipinski definition) is 0. The molecule has 0 aliphatic carbocycles. The molecule has 0 aliphatic rings. The summed E-state index contributed by atoms with van der Waals surface area (Å²) >= 11 is -0.281. The topological polar surface area (TPSA) is 172 Å². The van der Waals surface area contributed by atoms with E-state index in [-0.39, 0.29) is 43.0 Å². The number of rotatable bonds is 10. The molecule has 0 saturated carbocycles. The van der Waals surface area contributed by atoms with Crippen LogP contribution in [0.15, 0.2) is 223 Å². The average Bonchev–Trinajstić information content (AvgIpc) is 3.43. The van der Waals surface area contributed by atoms with E-state index < -0.39 is 46.9 Å². The van der Waals surface area contributed by atoms with Gasteiger partial charge in [-0.2, -0.15) is 39.5 Å². The predicted molar refractivity (Wildman–Crippen MR) is 277 cm³/mol. The number of aryl methyl sites for hydroxylation is 4. The van der Waals surface area contributed by atoms with Gasteiger partial charge >= 0.3 is 37.7 Å². The molecule has 0 aromatic heterocycles. The number of halogens is 10. The number of hydrogen-bond acceptors (Lipinski definition) is 9. The van der Waals surface area contributed by atoms with Crippen LogP contribution in [0.2, 0.25) is 0 Å². The van der Waals surface area contributed by atoms with E-state index in [0.717, 1.165) is 0 Å². The minimum absolute atomic E-state index is 0.158. The first-order valence-corrected chi connectivity index (χ1v) is 31.3. The highest BCUT2D eigenvalue weighted by Crippen LogP contribution is 2.38. The van der Waals surface area contributed by atoms with Crippen molar-refractivity contribution in [2.75, 3.05) is 0 Å². The smallest absolute Gasteiger partial charge is 0.485 e. The molecule has 0 bridgehead atoms. The minimum atomic E-state index is -6.09. The Morgan fingerprint density at radius 3 is 0.671 bits per heavy atom. The molecule has 79 heavy (non-hydrogen) atoms. The zero-order valence-electron chi connectivity index (χ0n) is 41.5. The highest BCUT2D eigenvalue weighted by atomic mass is 127. The van der Waals surface area contributed by atoms with Gasteiger partial charge in [-0.25, -0.2) is 25.3 Å². The van der Waals surface area contributed by atoms with Crippen molar-refractivity contribution in [2.24, 2.45) is 0 Å². The monoisotopic (exact) mass is 1310 g/mol. The second kappa shape index (κ2) is 26.7. The third kappa shape index (κ3) is 17.9. The van der Waals surface area contributed by atoms with Gasteiger partial charge in [-0.05, 0) is 171 Å². The van der Waals surface area contributed by atoms with Crippen LogP contribution in [-0.4, -0.2) is 55.4 Å². The number of alkyl halides is 9. The van der Waals surface area contributed by atoms with Crippen LogP contribution >= 0.6 is 0 Å². The molecular weight excluding hydrogens is 1260 g/mol. The molecule has 418 valence electrons. The number of benzene rings is 8. The lowest BCUT2D eigenvalue weighted by atomic mass is 10.1. The van der Waals surface area contributed by atoms with Crippen LogP contribution < -0.4 is 21.2 Å². The van der Waals surface area contributed by atoms with Crippen LogP contribution in [0, 0.1) is 34.8 Å². The minimum Gasteiger partial charge on any atom is -0.741 e. The summed E-state index contributed by atoms with van der Waals surface area (Å²) in [5.41, 5.74) is -6.56. The van der Waals surface area contributed by atoms with Gasteiger partial charge < -0.3 is 13.7 Å². The molecule has 0 amide bonds. The van der Waals surface area contributed by atoms with Crippen LogP contribution in [0.1, 0.15) is 22.3 Å². The molecule has 8 aromatic carbocycles. The molecule has 0 saturated heterocycles. The van der Waals surface area contributed by atoms with E-state index in [1.54, 1.807) is 0 Å². The van der Waals surface area contributed by atoms with Crippen molar-refractivity contribution in [3.63, 3.8) is 0 Å². The highest BCUT2D eigenvalue weighted by molar-refractivity contribution is 7.97. The maximum absolute atomic E-state index is 10.7. The average molecular weight is 1310 g/mol. The Bertz CT molecular complexity index is 3310. The predicted octanol–water partition coefficient (Wildman–Crippen LogP) is 10.7. The molecule has 0 N–H and O–H groups in total. The van der Waals surface area contributed by atoms with Crippen LogP contribution in [0.3, 0.4) is 0 Å². The summed E-state index contributed by atoms with van der Waals surface area (Å²) in [6.07, 6.45) is 0. The van der Waals surface area contributed by atoms with E-state index in [9.17, 15) is 39.5 Å². The summed E-state index contributed by atoms with van der Waals surface area (Å²) in [6, 6.07) is 72.3. The highest BCUT2D eigenvalue weighted by Gasteiger charge is 2.39. The van der Waals surface area contributed by atoms with E-state index in [0.29, 0.717) is 0 Å². The molecule has 0 atom stereocenters. The largest absolute Gasteiger partial charge is 0.741 e. The molecule has 0 fully saturated rings. The van der Waals surface area contributed by atoms with E-state index in [1.807, 2.05) is 0 Å². The molecule has 9 nitrogen and oxygen atoms in total. The third-order valence-corrected chi connectivity index (χ3v) is 20.3. The van der Waals surface area contributed by atoms with Crippen LogP contribution in [-0.2, 0) is 52.1 Å². The first-order valence-electron chi connectivity index (χ1n) is 22.5. The van der Waals surface area contributed by atoms with E-state index in [4.69, 9.17) is 38.9 Å². The lowest BCUT2D eigenvalue weighted by molar-refractivity contribution is -0.597. The van der Waals surface area contributed by atoms with Crippen molar-refractivity contribution in [1.29, 1.82) is 0 Å². The van der Waals surface area contributed by atoms with Crippen molar-refractivity contribution in [3.05, 3.63) is 224 Å². The third-order valence-electron chi connectivity index (χ3n) is 10.9. The van der Waals surface area contributed by atoms with Crippen LogP contribution in [0.5, 0.6) is 0 Å². The first-order chi connectivity index (χ1) is 36.7. The molecule has 0 unspecified atom stereocenters. The quantitative estimate of drug-likeness (QED) is 0.0425. The van der Waals surface area contributed by atoms with Crippen molar-refractivity contribution in [3.8, 4) is 22.3 Å². The molecule has 24 heteroatoms. The first kappa shape index (κ1) is 64.1. The van der Waals surface area contributed by atoms with Crippen molar-refractivity contribution in [1.82, 2.24) is 0 Å². The molecule has 8 rings (SSSR count). The molecule has 8 aromatic rings. The van der Waals surface area contributed by atoms with E-state index >= 15 is 0 Å². The van der Waals surface area contributed by atoms with Crippen LogP contribution in [0.4, 0.5) is 39.5 Å². The molecular formula is C55H44F9IO9S5. The van der Waals surface area contributed by atoms with Crippen molar-refractivity contribution < 1.29 is 99.6 Å². The zero-order valence-corrected chi connectivity index (χ0v) is 47.7. The van der Waals surface area contributed by atoms with Gasteiger partial charge in [0.1, 0.15) is 0 Å². The van der Waals surface area contributed by atoms with Gasteiger partial charge in [0.05, 0.1) is 21.8 Å². The Kier molecular flexibility index (Phi) is 21.7. The van der Waals surface area contributed by atoms with Gasteiger partial charge in [-0.1, -0.05) is 72.8 Å². The van der Waals surface area contributed by atoms with Gasteiger partial charge in [0.2, 0.25) is 0 Å². The second-order valence-corrected chi connectivity index (χ2v) is 27.6. The fraction of sp³-hybridized carbons (Fsp3) is 0.127. The van der Waals surface area contributed by atoms with E-state index in [1.165, 1.54) is 81.0 Å². The normalized spacial score (nSPS) is 12.1. The summed E-state index contributed by atoms with van der Waals surface area (Å²) in [6.45, 7) is 8.92. The molecule has 0 aliphatic heterocycles. The van der Waals surface area contributed by atoms with Crippen LogP contribution in [0.25, 0.3) is 22.3 Å². The molecule has 0 radical (unpaired) electrons. The molecule has 0 spiro atoms. The standard InChI is InChI=1S/C52H44IS2.3CHF3O3S/c1-37-13-5-9-17-49(37)54(50-18-10-6-14-38(50)2)47-33-25-43(26-34-47)41-21-29-45(30-22-41)53-46-31-23-42(24-32-46)44-27-35-48(36-28-44)55(51-19-11-7-15-39(51)3)52-20-12-8-16-40(52)4;3*2-1(3,4)8(5,6)7/h5-36H,1-4H3;3*(H,5,6,7)/q+3;;;/p-3. The van der Waals surface area contributed by atoms with Crippen molar-refractivity contribution >= 4 is 52.1 Å². The Morgan fingerprint density at radius 2 is 0.494 bits per heavy atom. The Labute approximate surface area is 467 Å². The van der Waals surface area contributed by atoms with Gasteiger partial charge in [-0.3, -0.25) is 0 Å². The van der Waals surface area contributed by atoms with E-state index in [2.05, 4.69) is 222 Å². The fourth-order valence-corrected chi connectivity index (χ4v) is 13.9. The van der Waals surface area contributed by atoms with Gasteiger partial charge in [0, 0.05) is 22.3 Å². The maximum Gasteiger partial charge on any atom is 0.485 e. The maximum atomic E-state index is 10.7. The lowest BCUT2D eigenvalue weighted by Crippen LogP contribution is -3.61. The summed E-state index contributed by atoms with van der Waals surface area (Å²) in [7, 11) is -18.6. The van der Waals surface area contributed by atoms with Crippen molar-refractivity contribution in [2.45, 2.75) is 73.6 Å². The zero-order chi connectivity index (χ0) is 58.7.